The lowest BCUT2D eigenvalue weighted by molar-refractivity contribution is 0.532. The number of nitrogens with zero attached hydrogens (tertiary/aromatic N) is 2. The molecule has 0 aromatic carbocycles. The molecule has 0 atom stereocenters. The summed E-state index contributed by atoms with van der Waals surface area (Å²) < 4.78 is 1.94. The summed E-state index contributed by atoms with van der Waals surface area (Å²) in [6, 6.07) is 0.418. The Kier molecular flexibility index (Phi) is 3.53. The minimum Gasteiger partial charge on any atom is -0.302 e. The Bertz CT molecular complexity index is 293. The molecule has 1 N–H and O–H groups in total. The van der Waals surface area contributed by atoms with E-state index in [0.29, 0.717) is 12.6 Å². The molecule has 0 saturated carbocycles. The van der Waals surface area contributed by atoms with Crippen LogP contribution in [0.2, 0.25) is 0 Å². The van der Waals surface area contributed by atoms with E-state index in [0.717, 1.165) is 6.54 Å². The Morgan fingerprint density at radius 3 is 3.00 bits per heavy atom. The number of hydrogen-bond acceptors (Lipinski definition) is 2. The van der Waals surface area contributed by atoms with Gasteiger partial charge in [0.15, 0.2) is 0 Å². The van der Waals surface area contributed by atoms with Crippen LogP contribution in [0, 0.1) is 12.3 Å². The van der Waals surface area contributed by atoms with Crippen molar-refractivity contribution in [3.8, 4) is 12.3 Å². The maximum absolute atomic E-state index is 5.11. The fourth-order valence-corrected chi connectivity index (χ4v) is 1.03. The number of aromatic nitrogens is 2. The summed E-state index contributed by atoms with van der Waals surface area (Å²) in [5.74, 6) is 2.53. The van der Waals surface area contributed by atoms with Gasteiger partial charge in [-0.3, -0.25) is 4.68 Å². The maximum atomic E-state index is 5.11. The average Bonchev–Trinajstić information content (AvgIpc) is 2.53. The monoisotopic (exact) mass is 177 g/mol. The van der Waals surface area contributed by atoms with Gasteiger partial charge in [0.05, 0.1) is 12.7 Å². The first-order valence-electron chi connectivity index (χ1n) is 4.41. The van der Waals surface area contributed by atoms with Crippen LogP contribution in [0.3, 0.4) is 0 Å². The third-order valence-electron chi connectivity index (χ3n) is 1.74. The second-order valence-electron chi connectivity index (χ2n) is 3.23. The predicted octanol–water partition coefficient (Wildman–Crippen LogP) is 1.19. The molecule has 1 aromatic heterocycles. The van der Waals surface area contributed by atoms with Gasteiger partial charge in [-0.1, -0.05) is 5.92 Å². The summed E-state index contributed by atoms with van der Waals surface area (Å²) in [7, 11) is 0. The van der Waals surface area contributed by atoms with Crippen LogP contribution in [0.5, 0.6) is 0 Å². The molecule has 0 aliphatic carbocycles. The van der Waals surface area contributed by atoms with Crippen molar-refractivity contribution in [2.45, 2.75) is 26.4 Å². The summed E-state index contributed by atoms with van der Waals surface area (Å²) in [6.07, 6.45) is 9.01. The van der Waals surface area contributed by atoms with Gasteiger partial charge in [-0.05, 0) is 13.8 Å². The molecule has 1 rings (SSSR count). The lowest BCUT2D eigenvalue weighted by Crippen LogP contribution is -2.12. The quantitative estimate of drug-likeness (QED) is 0.553. The van der Waals surface area contributed by atoms with Gasteiger partial charge in [0.2, 0.25) is 0 Å². The van der Waals surface area contributed by atoms with Crippen molar-refractivity contribution < 1.29 is 0 Å². The van der Waals surface area contributed by atoms with E-state index in [1.54, 1.807) is 0 Å². The SMILES string of the molecule is C#CCNCc1cnn(C(C)C)c1. The average molecular weight is 177 g/mol. The highest BCUT2D eigenvalue weighted by atomic mass is 15.3. The molecule has 0 radical (unpaired) electrons. The highest BCUT2D eigenvalue weighted by molar-refractivity contribution is 5.04. The zero-order valence-electron chi connectivity index (χ0n) is 8.12. The first-order chi connectivity index (χ1) is 6.24. The van der Waals surface area contributed by atoms with Crippen LogP contribution < -0.4 is 5.32 Å². The molecule has 3 nitrogen and oxygen atoms in total. The van der Waals surface area contributed by atoms with Crippen LogP contribution in [0.4, 0.5) is 0 Å². The summed E-state index contributed by atoms with van der Waals surface area (Å²) in [6.45, 7) is 5.60. The van der Waals surface area contributed by atoms with Gasteiger partial charge in [0.25, 0.3) is 0 Å². The van der Waals surface area contributed by atoms with E-state index in [2.05, 4.69) is 30.2 Å². The topological polar surface area (TPSA) is 29.9 Å². The zero-order valence-corrected chi connectivity index (χ0v) is 8.12. The second kappa shape index (κ2) is 4.68. The van der Waals surface area contributed by atoms with E-state index in [1.165, 1.54) is 5.56 Å². The fraction of sp³-hybridized carbons (Fsp3) is 0.500. The van der Waals surface area contributed by atoms with Crippen molar-refractivity contribution in [1.82, 2.24) is 15.1 Å². The Morgan fingerprint density at radius 1 is 1.69 bits per heavy atom. The summed E-state index contributed by atoms with van der Waals surface area (Å²) in [4.78, 5) is 0. The van der Waals surface area contributed by atoms with E-state index in [4.69, 9.17) is 6.42 Å². The van der Waals surface area contributed by atoms with Crippen LogP contribution >= 0.6 is 0 Å². The van der Waals surface area contributed by atoms with Crippen molar-refractivity contribution >= 4 is 0 Å². The Balaban J connectivity index is 2.45. The second-order valence-corrected chi connectivity index (χ2v) is 3.23. The standard InChI is InChI=1S/C10H15N3/c1-4-5-11-6-10-7-12-13(8-10)9(2)3/h1,7-9,11H,5-6H2,2-3H3. The summed E-state index contributed by atoms with van der Waals surface area (Å²) in [5.41, 5.74) is 1.17. The predicted molar refractivity (Wildman–Crippen MR) is 53.2 cm³/mol. The van der Waals surface area contributed by atoms with Crippen molar-refractivity contribution in [3.05, 3.63) is 18.0 Å². The molecule has 0 spiro atoms. The molecule has 1 aromatic rings. The van der Waals surface area contributed by atoms with Crippen LogP contribution in [0.1, 0.15) is 25.5 Å². The molecule has 0 amide bonds. The van der Waals surface area contributed by atoms with Crippen LogP contribution in [0.15, 0.2) is 12.4 Å². The van der Waals surface area contributed by atoms with Crippen molar-refractivity contribution in [3.63, 3.8) is 0 Å². The first kappa shape index (κ1) is 9.82. The molecular weight excluding hydrogens is 162 g/mol. The molecule has 0 fully saturated rings. The highest BCUT2D eigenvalue weighted by Crippen LogP contribution is 2.04. The van der Waals surface area contributed by atoms with Gasteiger partial charge >= 0.3 is 0 Å². The van der Waals surface area contributed by atoms with Crippen molar-refractivity contribution in [1.29, 1.82) is 0 Å². The van der Waals surface area contributed by atoms with Gasteiger partial charge in [0.1, 0.15) is 0 Å². The van der Waals surface area contributed by atoms with E-state index in [1.807, 2.05) is 17.1 Å². The highest BCUT2D eigenvalue weighted by Gasteiger charge is 2.00. The molecule has 0 aliphatic rings. The van der Waals surface area contributed by atoms with Crippen molar-refractivity contribution in [2.24, 2.45) is 0 Å². The van der Waals surface area contributed by atoms with Gasteiger partial charge < -0.3 is 5.32 Å². The minimum absolute atomic E-state index is 0.418. The van der Waals surface area contributed by atoms with E-state index < -0.39 is 0 Å². The number of rotatable bonds is 4. The van der Waals surface area contributed by atoms with Crippen LogP contribution in [0.25, 0.3) is 0 Å². The zero-order chi connectivity index (χ0) is 9.68. The van der Waals surface area contributed by atoms with Gasteiger partial charge in [-0.2, -0.15) is 5.10 Å². The summed E-state index contributed by atoms with van der Waals surface area (Å²) in [5, 5.41) is 7.33. The van der Waals surface area contributed by atoms with Gasteiger partial charge in [-0.15, -0.1) is 6.42 Å². The molecular formula is C10H15N3. The molecule has 13 heavy (non-hydrogen) atoms. The molecule has 0 bridgehead atoms. The maximum Gasteiger partial charge on any atom is 0.0576 e. The third-order valence-corrected chi connectivity index (χ3v) is 1.74. The van der Waals surface area contributed by atoms with Crippen LogP contribution in [-0.2, 0) is 6.54 Å². The number of terminal acetylenes is 1. The first-order valence-corrected chi connectivity index (χ1v) is 4.41. The largest absolute Gasteiger partial charge is 0.302 e. The number of nitrogens with one attached hydrogen (secondary N) is 1. The Hall–Kier alpha value is -1.27. The van der Waals surface area contributed by atoms with E-state index in [-0.39, 0.29) is 0 Å². The lowest BCUT2D eigenvalue weighted by Gasteiger charge is -2.03. The van der Waals surface area contributed by atoms with E-state index >= 15 is 0 Å². The fourth-order valence-electron chi connectivity index (χ4n) is 1.03. The smallest absolute Gasteiger partial charge is 0.0576 e. The third kappa shape index (κ3) is 2.92. The molecule has 70 valence electrons. The molecule has 1 heterocycles. The number of hydrogen-bond donors (Lipinski definition) is 1. The van der Waals surface area contributed by atoms with Crippen molar-refractivity contribution in [2.75, 3.05) is 6.54 Å². The van der Waals surface area contributed by atoms with E-state index in [9.17, 15) is 0 Å². The van der Waals surface area contributed by atoms with Gasteiger partial charge in [-0.25, -0.2) is 0 Å². The molecule has 0 saturated heterocycles. The molecule has 0 aliphatic heterocycles. The minimum atomic E-state index is 0.418. The lowest BCUT2D eigenvalue weighted by atomic mass is 10.3. The Morgan fingerprint density at radius 2 is 2.46 bits per heavy atom. The Labute approximate surface area is 79.1 Å². The molecule has 3 heteroatoms. The normalized spacial score (nSPS) is 10.3. The van der Waals surface area contributed by atoms with Gasteiger partial charge in [0, 0.05) is 24.3 Å². The molecule has 0 unspecified atom stereocenters. The van der Waals surface area contributed by atoms with Crippen LogP contribution in [-0.4, -0.2) is 16.3 Å². The summed E-state index contributed by atoms with van der Waals surface area (Å²) >= 11 is 0.